The van der Waals surface area contributed by atoms with E-state index in [4.69, 9.17) is 14.0 Å². The molecule has 2 heterocycles. The highest BCUT2D eigenvalue weighted by molar-refractivity contribution is 5.24. The predicted molar refractivity (Wildman–Crippen MR) is 59.7 cm³/mol. The number of anilines is 1. The standard InChI is InChI=1S/C11H17N3O3/c1-15-11(4-6-16-7-5-11)9-13-10(17-14-9)12-8-2-3-8/h8H,2-7H2,1H3,(H,12,13,14). The first kappa shape index (κ1) is 11.0. The SMILES string of the molecule is COC1(c2noc(NC3CC3)n2)CCOCC1. The zero-order chi connectivity index (χ0) is 11.7. The minimum atomic E-state index is -0.439. The van der Waals surface area contributed by atoms with E-state index in [0.717, 1.165) is 12.8 Å². The van der Waals surface area contributed by atoms with Crippen LogP contribution in [-0.4, -0.2) is 36.5 Å². The highest BCUT2D eigenvalue weighted by atomic mass is 16.5. The first-order chi connectivity index (χ1) is 8.32. The van der Waals surface area contributed by atoms with E-state index < -0.39 is 5.60 Å². The number of rotatable bonds is 4. The Morgan fingerprint density at radius 2 is 2.12 bits per heavy atom. The smallest absolute Gasteiger partial charge is 0.321 e. The van der Waals surface area contributed by atoms with Gasteiger partial charge >= 0.3 is 6.01 Å². The summed E-state index contributed by atoms with van der Waals surface area (Å²) in [6, 6.07) is 1.02. The average molecular weight is 239 g/mol. The second-order valence-corrected chi connectivity index (χ2v) is 4.65. The maximum absolute atomic E-state index is 5.61. The van der Waals surface area contributed by atoms with E-state index in [-0.39, 0.29) is 0 Å². The Morgan fingerprint density at radius 3 is 2.76 bits per heavy atom. The molecule has 17 heavy (non-hydrogen) atoms. The maximum atomic E-state index is 5.61. The molecule has 6 heteroatoms. The van der Waals surface area contributed by atoms with Gasteiger partial charge in [0.05, 0.1) is 0 Å². The summed E-state index contributed by atoms with van der Waals surface area (Å²) >= 11 is 0. The largest absolute Gasteiger partial charge is 0.381 e. The summed E-state index contributed by atoms with van der Waals surface area (Å²) in [5.74, 6) is 0.631. The topological polar surface area (TPSA) is 69.4 Å². The number of nitrogens with zero attached hydrogens (tertiary/aromatic N) is 2. The molecule has 0 amide bonds. The van der Waals surface area contributed by atoms with Crippen molar-refractivity contribution >= 4 is 6.01 Å². The lowest BCUT2D eigenvalue weighted by Crippen LogP contribution is -2.36. The van der Waals surface area contributed by atoms with Crippen LogP contribution in [0.1, 0.15) is 31.5 Å². The van der Waals surface area contributed by atoms with E-state index in [1.165, 1.54) is 12.8 Å². The number of aromatic nitrogens is 2. The van der Waals surface area contributed by atoms with Gasteiger partial charge in [-0.05, 0) is 12.8 Å². The summed E-state index contributed by atoms with van der Waals surface area (Å²) in [5.41, 5.74) is -0.439. The van der Waals surface area contributed by atoms with Crippen molar-refractivity contribution < 1.29 is 14.0 Å². The minimum absolute atomic E-state index is 0.439. The predicted octanol–water partition coefficient (Wildman–Crippen LogP) is 1.30. The van der Waals surface area contributed by atoms with Crippen LogP contribution in [0.2, 0.25) is 0 Å². The van der Waals surface area contributed by atoms with Gasteiger partial charge in [0.25, 0.3) is 0 Å². The number of hydrogen-bond acceptors (Lipinski definition) is 6. The molecule has 0 aromatic carbocycles. The lowest BCUT2D eigenvalue weighted by Gasteiger charge is -2.32. The number of methoxy groups -OCH3 is 1. The molecule has 3 rings (SSSR count). The van der Waals surface area contributed by atoms with Crippen molar-refractivity contribution in [2.75, 3.05) is 25.6 Å². The third-order valence-electron chi connectivity index (χ3n) is 3.43. The van der Waals surface area contributed by atoms with E-state index >= 15 is 0 Å². The van der Waals surface area contributed by atoms with Crippen LogP contribution in [0.4, 0.5) is 6.01 Å². The fraction of sp³-hybridized carbons (Fsp3) is 0.818. The zero-order valence-corrected chi connectivity index (χ0v) is 9.94. The molecule has 1 aromatic heterocycles. The summed E-state index contributed by atoms with van der Waals surface area (Å²) in [6.07, 6.45) is 3.90. The molecule has 0 spiro atoms. The monoisotopic (exact) mass is 239 g/mol. The summed E-state index contributed by atoms with van der Waals surface area (Å²) in [4.78, 5) is 4.39. The lowest BCUT2D eigenvalue weighted by molar-refractivity contribution is -0.101. The Labute approximate surface area is 99.7 Å². The van der Waals surface area contributed by atoms with Crippen LogP contribution in [0, 0.1) is 0 Å². The molecule has 1 saturated carbocycles. The first-order valence-electron chi connectivity index (χ1n) is 6.06. The Balaban J connectivity index is 1.77. The molecule has 1 aromatic rings. The Morgan fingerprint density at radius 1 is 1.35 bits per heavy atom. The fourth-order valence-corrected chi connectivity index (χ4v) is 2.09. The molecule has 6 nitrogen and oxygen atoms in total. The van der Waals surface area contributed by atoms with Crippen molar-refractivity contribution in [3.8, 4) is 0 Å². The third kappa shape index (κ3) is 2.14. The molecule has 0 unspecified atom stereocenters. The number of hydrogen-bond donors (Lipinski definition) is 1. The zero-order valence-electron chi connectivity index (χ0n) is 9.94. The Hall–Kier alpha value is -1.14. The van der Waals surface area contributed by atoms with Crippen LogP contribution in [0.5, 0.6) is 0 Å². The van der Waals surface area contributed by atoms with Crippen molar-refractivity contribution in [1.29, 1.82) is 0 Å². The van der Waals surface area contributed by atoms with E-state index in [9.17, 15) is 0 Å². The van der Waals surface area contributed by atoms with E-state index in [2.05, 4.69) is 15.5 Å². The highest BCUT2D eigenvalue weighted by Gasteiger charge is 2.39. The van der Waals surface area contributed by atoms with Crippen LogP contribution >= 0.6 is 0 Å². The summed E-state index contributed by atoms with van der Waals surface area (Å²) < 4.78 is 16.2. The molecule has 1 saturated heterocycles. The van der Waals surface area contributed by atoms with Gasteiger partial charge in [-0.2, -0.15) is 4.98 Å². The molecule has 1 N–H and O–H groups in total. The van der Waals surface area contributed by atoms with Gasteiger partial charge < -0.3 is 19.3 Å². The Bertz CT molecular complexity index is 383. The molecular weight excluding hydrogens is 222 g/mol. The van der Waals surface area contributed by atoms with Crippen LogP contribution in [0.15, 0.2) is 4.52 Å². The quantitative estimate of drug-likeness (QED) is 0.854. The number of ether oxygens (including phenoxy) is 2. The van der Waals surface area contributed by atoms with E-state index in [0.29, 0.717) is 31.1 Å². The fourth-order valence-electron chi connectivity index (χ4n) is 2.09. The summed E-state index contributed by atoms with van der Waals surface area (Å²) in [6.45, 7) is 1.35. The first-order valence-corrected chi connectivity index (χ1v) is 6.06. The molecular formula is C11H17N3O3. The lowest BCUT2D eigenvalue weighted by atomic mass is 9.93. The third-order valence-corrected chi connectivity index (χ3v) is 3.43. The highest BCUT2D eigenvalue weighted by Crippen LogP contribution is 2.34. The normalized spacial score (nSPS) is 23.6. The van der Waals surface area contributed by atoms with Crippen LogP contribution in [0.25, 0.3) is 0 Å². The average Bonchev–Trinajstić information content (AvgIpc) is 3.06. The second kappa shape index (κ2) is 4.27. The van der Waals surface area contributed by atoms with Crippen molar-refractivity contribution in [3.05, 3.63) is 5.82 Å². The summed E-state index contributed by atoms with van der Waals surface area (Å²) in [5, 5.41) is 7.22. The molecule has 94 valence electrons. The molecule has 1 aliphatic heterocycles. The van der Waals surface area contributed by atoms with E-state index in [1.54, 1.807) is 7.11 Å². The van der Waals surface area contributed by atoms with Gasteiger partial charge in [-0.15, -0.1) is 0 Å². The van der Waals surface area contributed by atoms with Crippen LogP contribution in [-0.2, 0) is 15.1 Å². The van der Waals surface area contributed by atoms with Gasteiger partial charge in [0, 0.05) is 39.2 Å². The molecule has 0 atom stereocenters. The van der Waals surface area contributed by atoms with Gasteiger partial charge in [0.15, 0.2) is 0 Å². The second-order valence-electron chi connectivity index (χ2n) is 4.65. The van der Waals surface area contributed by atoms with Crippen molar-refractivity contribution in [1.82, 2.24) is 10.1 Å². The van der Waals surface area contributed by atoms with Crippen molar-refractivity contribution in [2.24, 2.45) is 0 Å². The summed E-state index contributed by atoms with van der Waals surface area (Å²) in [7, 11) is 1.69. The minimum Gasteiger partial charge on any atom is -0.381 e. The van der Waals surface area contributed by atoms with Gasteiger partial charge in [0.2, 0.25) is 5.82 Å². The molecule has 1 aliphatic carbocycles. The van der Waals surface area contributed by atoms with Gasteiger partial charge in [-0.3, -0.25) is 0 Å². The van der Waals surface area contributed by atoms with E-state index in [1.807, 2.05) is 0 Å². The molecule has 0 radical (unpaired) electrons. The molecule has 0 bridgehead atoms. The Kier molecular flexibility index (Phi) is 2.76. The van der Waals surface area contributed by atoms with Crippen molar-refractivity contribution in [2.45, 2.75) is 37.3 Å². The maximum Gasteiger partial charge on any atom is 0.321 e. The van der Waals surface area contributed by atoms with Crippen LogP contribution in [0.3, 0.4) is 0 Å². The van der Waals surface area contributed by atoms with Gasteiger partial charge in [-0.1, -0.05) is 5.16 Å². The number of nitrogens with one attached hydrogen (secondary N) is 1. The van der Waals surface area contributed by atoms with Gasteiger partial charge in [0.1, 0.15) is 5.60 Å². The molecule has 2 aliphatic rings. The van der Waals surface area contributed by atoms with Crippen molar-refractivity contribution in [3.63, 3.8) is 0 Å². The molecule has 2 fully saturated rings. The van der Waals surface area contributed by atoms with Crippen LogP contribution < -0.4 is 5.32 Å². The van der Waals surface area contributed by atoms with Gasteiger partial charge in [-0.25, -0.2) is 0 Å².